The Morgan fingerprint density at radius 2 is 1.61 bits per heavy atom. The second kappa shape index (κ2) is 12.4. The van der Waals surface area contributed by atoms with Crippen molar-refractivity contribution < 1.29 is 14.4 Å². The Hall–Kier alpha value is -2.49. The van der Waals surface area contributed by atoms with Crippen molar-refractivity contribution >= 4 is 53.1 Å². The van der Waals surface area contributed by atoms with Crippen molar-refractivity contribution in [3.8, 4) is 0 Å². The zero-order valence-corrected chi connectivity index (χ0v) is 19.8. The average Bonchev–Trinajstić information content (AvgIpc) is 3.36. The largest absolute Gasteiger partial charge is 0.355 e. The summed E-state index contributed by atoms with van der Waals surface area (Å²) < 4.78 is 0. The molecule has 2 aromatic heterocycles. The number of carbonyl (C=O) groups excluding carboxylic acids is 3. The van der Waals surface area contributed by atoms with Crippen LogP contribution in [0.15, 0.2) is 24.5 Å². The van der Waals surface area contributed by atoms with Gasteiger partial charge in [0.1, 0.15) is 11.4 Å². The number of amides is 3. The van der Waals surface area contributed by atoms with Crippen molar-refractivity contribution in [1.82, 2.24) is 19.8 Å². The highest BCUT2D eigenvalue weighted by atomic mass is 35.5. The highest BCUT2D eigenvalue weighted by Crippen LogP contribution is 2.19. The first-order valence-corrected chi connectivity index (χ1v) is 10.2. The first-order chi connectivity index (χ1) is 14.2. The molecule has 11 heteroatoms. The highest BCUT2D eigenvalue weighted by Gasteiger charge is 2.20. The predicted molar refractivity (Wildman–Crippen MR) is 126 cm³/mol. The van der Waals surface area contributed by atoms with Crippen molar-refractivity contribution in [3.63, 3.8) is 0 Å². The van der Waals surface area contributed by atoms with Crippen molar-refractivity contribution in [1.29, 1.82) is 0 Å². The van der Waals surface area contributed by atoms with E-state index in [4.69, 9.17) is 11.6 Å². The molecular formula is C20H30Cl2N6O3. The number of halogens is 2. The number of aromatic amines is 2. The molecular weight excluding hydrogens is 443 g/mol. The Bertz CT molecular complexity index is 880. The molecule has 0 atom stereocenters. The fourth-order valence-corrected chi connectivity index (χ4v) is 3.00. The Morgan fingerprint density at radius 1 is 0.968 bits per heavy atom. The van der Waals surface area contributed by atoms with Crippen LogP contribution in [-0.2, 0) is 4.79 Å². The summed E-state index contributed by atoms with van der Waals surface area (Å²) in [5.74, 6) is -0.431. The molecule has 0 fully saturated rings. The lowest BCUT2D eigenvalue weighted by Gasteiger charge is -2.18. The molecule has 0 saturated carbocycles. The summed E-state index contributed by atoms with van der Waals surface area (Å²) in [6.45, 7) is 1.54. The molecule has 0 aliphatic heterocycles. The van der Waals surface area contributed by atoms with Crippen LogP contribution in [0.5, 0.6) is 0 Å². The molecule has 0 saturated heterocycles. The lowest BCUT2D eigenvalue weighted by Crippen LogP contribution is -2.30. The lowest BCUT2D eigenvalue weighted by atomic mass is 10.3. The summed E-state index contributed by atoms with van der Waals surface area (Å²) in [6.07, 6.45) is 4.23. The molecule has 2 aromatic rings. The van der Waals surface area contributed by atoms with Gasteiger partial charge in [0, 0.05) is 45.3 Å². The maximum absolute atomic E-state index is 12.7. The fourth-order valence-electron chi connectivity index (χ4n) is 2.83. The van der Waals surface area contributed by atoms with Crippen LogP contribution in [0.25, 0.3) is 0 Å². The number of hydrogen-bond donors (Lipinski definition) is 3. The van der Waals surface area contributed by atoms with Gasteiger partial charge in [-0.1, -0.05) is 0 Å². The van der Waals surface area contributed by atoms with E-state index in [1.165, 1.54) is 4.90 Å². The molecule has 3 N–H and O–H groups in total. The van der Waals surface area contributed by atoms with Gasteiger partial charge in [-0.15, -0.1) is 24.0 Å². The number of alkyl halides is 1. The predicted octanol–water partition coefficient (Wildman–Crippen LogP) is 2.63. The third kappa shape index (κ3) is 7.61. The molecule has 0 aromatic carbocycles. The van der Waals surface area contributed by atoms with E-state index in [1.54, 1.807) is 43.5 Å². The van der Waals surface area contributed by atoms with E-state index in [0.717, 1.165) is 13.0 Å². The standard InChI is InChI=1S/C20H29ClN6O3.ClH/c1-25(2)8-5-9-26(3)19(29)17-11-15(13-23-17)27(4)20(30)16-10-14(12-22-16)24-18(28)6-7-21;/h10-13,22-23H,5-9H2,1-4H3,(H,24,28);1H. The molecule has 2 rings (SSSR count). The summed E-state index contributed by atoms with van der Waals surface area (Å²) in [6, 6.07) is 3.21. The fraction of sp³-hybridized carbons (Fsp3) is 0.450. The number of H-pyrrole nitrogens is 2. The quantitative estimate of drug-likeness (QED) is 0.462. The van der Waals surface area contributed by atoms with E-state index in [2.05, 4.69) is 20.2 Å². The van der Waals surface area contributed by atoms with Crippen LogP contribution < -0.4 is 10.2 Å². The van der Waals surface area contributed by atoms with Crippen LogP contribution in [0.3, 0.4) is 0 Å². The van der Waals surface area contributed by atoms with E-state index >= 15 is 0 Å². The highest BCUT2D eigenvalue weighted by molar-refractivity contribution is 6.19. The zero-order valence-electron chi connectivity index (χ0n) is 18.2. The maximum Gasteiger partial charge on any atom is 0.274 e. The lowest BCUT2D eigenvalue weighted by molar-refractivity contribution is -0.115. The molecule has 31 heavy (non-hydrogen) atoms. The minimum Gasteiger partial charge on any atom is -0.355 e. The normalized spacial score (nSPS) is 10.5. The SMILES string of the molecule is CN(C)CCCN(C)C(=O)c1cc(N(C)C(=O)c2cc(NC(=O)CCCl)c[nH]2)c[nH]1.Cl. The van der Waals surface area contributed by atoms with Gasteiger partial charge in [-0.2, -0.15) is 0 Å². The third-order valence-electron chi connectivity index (χ3n) is 4.55. The number of carbonyl (C=O) groups is 3. The maximum atomic E-state index is 12.7. The van der Waals surface area contributed by atoms with Crippen molar-refractivity contribution in [3.05, 3.63) is 35.9 Å². The number of anilines is 2. The Kier molecular flexibility index (Phi) is 10.6. The van der Waals surface area contributed by atoms with Crippen molar-refractivity contribution in [2.24, 2.45) is 0 Å². The second-order valence-electron chi connectivity index (χ2n) is 7.31. The van der Waals surface area contributed by atoms with Crippen LogP contribution in [0.1, 0.15) is 33.8 Å². The van der Waals surface area contributed by atoms with Gasteiger partial charge in [0.2, 0.25) is 5.91 Å². The molecule has 2 heterocycles. The van der Waals surface area contributed by atoms with Gasteiger partial charge >= 0.3 is 0 Å². The molecule has 172 valence electrons. The number of hydrogen-bond acceptors (Lipinski definition) is 4. The number of aromatic nitrogens is 2. The average molecular weight is 473 g/mol. The molecule has 9 nitrogen and oxygen atoms in total. The van der Waals surface area contributed by atoms with E-state index in [-0.39, 0.29) is 42.4 Å². The van der Waals surface area contributed by atoms with E-state index in [0.29, 0.717) is 29.3 Å². The summed E-state index contributed by atoms with van der Waals surface area (Å²) in [5.41, 5.74) is 1.78. The Balaban J connectivity index is 0.00000480. The molecule has 3 amide bonds. The molecule has 0 bridgehead atoms. The molecule has 0 aliphatic carbocycles. The van der Waals surface area contributed by atoms with Crippen LogP contribution in [0, 0.1) is 0 Å². The minimum absolute atomic E-state index is 0. The van der Waals surface area contributed by atoms with Crippen LogP contribution >= 0.6 is 24.0 Å². The van der Waals surface area contributed by atoms with Gasteiger partial charge in [0.25, 0.3) is 11.8 Å². The molecule has 0 unspecified atom stereocenters. The van der Waals surface area contributed by atoms with Gasteiger partial charge in [-0.3, -0.25) is 14.4 Å². The van der Waals surface area contributed by atoms with Crippen molar-refractivity contribution in [2.75, 3.05) is 57.4 Å². The van der Waals surface area contributed by atoms with Crippen LogP contribution in [-0.4, -0.2) is 84.6 Å². The summed E-state index contributed by atoms with van der Waals surface area (Å²) in [5, 5.41) is 2.67. The second-order valence-corrected chi connectivity index (χ2v) is 7.69. The van der Waals surface area contributed by atoms with Crippen LogP contribution in [0.2, 0.25) is 0 Å². The first kappa shape index (κ1) is 26.5. The van der Waals surface area contributed by atoms with Crippen molar-refractivity contribution in [2.45, 2.75) is 12.8 Å². The van der Waals surface area contributed by atoms with Gasteiger partial charge in [-0.05, 0) is 39.2 Å². The number of nitrogens with one attached hydrogen (secondary N) is 3. The van der Waals surface area contributed by atoms with Gasteiger partial charge in [0.15, 0.2) is 0 Å². The van der Waals surface area contributed by atoms with Crippen LogP contribution in [0.4, 0.5) is 11.4 Å². The third-order valence-corrected chi connectivity index (χ3v) is 4.74. The van der Waals surface area contributed by atoms with E-state index in [1.807, 2.05) is 14.1 Å². The smallest absolute Gasteiger partial charge is 0.274 e. The summed E-state index contributed by atoms with van der Waals surface area (Å²) >= 11 is 5.55. The summed E-state index contributed by atoms with van der Waals surface area (Å²) in [4.78, 5) is 47.9. The molecule has 0 radical (unpaired) electrons. The van der Waals surface area contributed by atoms with Gasteiger partial charge in [-0.25, -0.2) is 0 Å². The number of rotatable bonds is 10. The Labute approximate surface area is 193 Å². The Morgan fingerprint density at radius 3 is 2.26 bits per heavy atom. The molecule has 0 aliphatic rings. The monoisotopic (exact) mass is 472 g/mol. The molecule has 0 spiro atoms. The zero-order chi connectivity index (χ0) is 22.3. The van der Waals surface area contributed by atoms with E-state index in [9.17, 15) is 14.4 Å². The van der Waals surface area contributed by atoms with E-state index < -0.39 is 0 Å². The topological polar surface area (TPSA) is 105 Å². The number of nitrogens with zero attached hydrogens (tertiary/aromatic N) is 3. The van der Waals surface area contributed by atoms with Gasteiger partial charge < -0.3 is 30.0 Å². The summed E-state index contributed by atoms with van der Waals surface area (Å²) in [7, 11) is 7.36. The first-order valence-electron chi connectivity index (χ1n) is 9.63. The van der Waals surface area contributed by atoms with Gasteiger partial charge in [0.05, 0.1) is 11.4 Å². The minimum atomic E-state index is -0.301.